The molecule has 0 aliphatic rings. The van der Waals surface area contributed by atoms with Gasteiger partial charge < -0.3 is 15.9 Å². The molecular weight excluding hydrogens is 386 g/mol. The van der Waals surface area contributed by atoms with Gasteiger partial charge in [-0.25, -0.2) is 4.68 Å². The van der Waals surface area contributed by atoms with Crippen LogP contribution in [-0.4, -0.2) is 33.6 Å². The van der Waals surface area contributed by atoms with E-state index >= 15 is 0 Å². The first kappa shape index (κ1) is 20.7. The number of amides is 1. The maximum absolute atomic E-state index is 12.5. The Morgan fingerprint density at radius 3 is 2.55 bits per heavy atom. The number of nitrogens with one attached hydrogen (secondary N) is 1. The summed E-state index contributed by atoms with van der Waals surface area (Å²) < 4.78 is 6.57. The van der Waals surface area contributed by atoms with Gasteiger partial charge in [-0.3, -0.25) is 4.79 Å². The van der Waals surface area contributed by atoms with E-state index < -0.39 is 0 Å². The molecule has 0 aliphatic carbocycles. The third kappa shape index (κ3) is 5.29. The number of benzene rings is 2. The molecule has 0 bridgehead atoms. The van der Waals surface area contributed by atoms with Gasteiger partial charge in [-0.15, -0.1) is 10.2 Å². The largest absolute Gasteiger partial charge is 0.497 e. The summed E-state index contributed by atoms with van der Waals surface area (Å²) in [5, 5.41) is 11.9. The fraction of sp³-hybridized carbons (Fsp3) is 0.286. The normalized spacial score (nSPS) is 11.8. The molecule has 0 fully saturated rings. The molecule has 3 N–H and O–H groups in total. The van der Waals surface area contributed by atoms with E-state index in [1.807, 2.05) is 54.6 Å². The molecule has 152 valence electrons. The van der Waals surface area contributed by atoms with Gasteiger partial charge in [0, 0.05) is 5.56 Å². The van der Waals surface area contributed by atoms with Crippen LogP contribution in [0.4, 0.5) is 0 Å². The number of thioether (sulfide) groups is 1. The number of nitrogens with two attached hydrogens (primary N) is 1. The third-order valence-corrected chi connectivity index (χ3v) is 5.40. The number of ether oxygens (including phenoxy) is 1. The van der Waals surface area contributed by atoms with Crippen molar-refractivity contribution in [3.63, 3.8) is 0 Å². The second kappa shape index (κ2) is 9.97. The van der Waals surface area contributed by atoms with E-state index in [1.165, 1.54) is 16.4 Å². The summed E-state index contributed by atoms with van der Waals surface area (Å²) in [5.41, 5.74) is 1.93. The summed E-state index contributed by atoms with van der Waals surface area (Å²) in [6.45, 7) is 2.11. The zero-order valence-electron chi connectivity index (χ0n) is 16.5. The second-order valence-corrected chi connectivity index (χ2v) is 7.46. The first-order chi connectivity index (χ1) is 14.1. The topological polar surface area (TPSA) is 95.1 Å². The summed E-state index contributed by atoms with van der Waals surface area (Å²) in [7, 11) is 1.61. The van der Waals surface area contributed by atoms with E-state index in [4.69, 9.17) is 10.6 Å². The molecule has 1 atom stereocenters. The van der Waals surface area contributed by atoms with Crippen molar-refractivity contribution in [1.29, 1.82) is 0 Å². The second-order valence-electron chi connectivity index (χ2n) is 6.51. The average Bonchev–Trinajstić information content (AvgIpc) is 3.13. The summed E-state index contributed by atoms with van der Waals surface area (Å²) in [4.78, 5) is 12.5. The molecule has 1 unspecified atom stereocenters. The molecule has 0 saturated carbocycles. The minimum atomic E-state index is -0.0636. The van der Waals surface area contributed by atoms with Crippen molar-refractivity contribution in [3.8, 4) is 17.1 Å². The number of methoxy groups -OCH3 is 1. The first-order valence-corrected chi connectivity index (χ1v) is 10.4. The summed E-state index contributed by atoms with van der Waals surface area (Å²) in [6, 6.07) is 17.4. The van der Waals surface area contributed by atoms with Gasteiger partial charge in [-0.1, -0.05) is 55.4 Å². The van der Waals surface area contributed by atoms with Gasteiger partial charge >= 0.3 is 0 Å². The molecular formula is C21H25N5O2S. The van der Waals surface area contributed by atoms with Crippen molar-refractivity contribution in [1.82, 2.24) is 20.2 Å². The van der Waals surface area contributed by atoms with Crippen molar-refractivity contribution in [3.05, 3.63) is 60.2 Å². The van der Waals surface area contributed by atoms with Crippen molar-refractivity contribution in [2.45, 2.75) is 31.0 Å². The van der Waals surface area contributed by atoms with Crippen molar-refractivity contribution in [2.24, 2.45) is 0 Å². The number of hydrogen-bond acceptors (Lipinski definition) is 6. The van der Waals surface area contributed by atoms with Gasteiger partial charge in [0.25, 0.3) is 0 Å². The standard InChI is InChI=1S/C21H25N5O2S/c1-3-7-18(15-8-5-4-6-9-15)23-19(27)14-29-21-25-24-20(26(21)22)16-10-12-17(28-2)13-11-16/h4-6,8-13,18H,3,7,14,22H2,1-2H3,(H,23,27). The molecule has 0 saturated heterocycles. The highest BCUT2D eigenvalue weighted by Crippen LogP contribution is 2.24. The minimum Gasteiger partial charge on any atom is -0.497 e. The quantitative estimate of drug-likeness (QED) is 0.414. The minimum absolute atomic E-state index is 0.0000865. The maximum atomic E-state index is 12.5. The lowest BCUT2D eigenvalue weighted by molar-refractivity contribution is -0.119. The predicted molar refractivity (Wildman–Crippen MR) is 115 cm³/mol. The van der Waals surface area contributed by atoms with Crippen molar-refractivity contribution in [2.75, 3.05) is 18.7 Å². The van der Waals surface area contributed by atoms with Crippen LogP contribution >= 0.6 is 11.8 Å². The molecule has 7 nitrogen and oxygen atoms in total. The van der Waals surface area contributed by atoms with Gasteiger partial charge in [-0.05, 0) is 36.2 Å². The molecule has 3 aromatic rings. The van der Waals surface area contributed by atoms with Crippen molar-refractivity contribution < 1.29 is 9.53 Å². The number of carbonyl (C=O) groups is 1. The number of rotatable bonds is 9. The fourth-order valence-corrected chi connectivity index (χ4v) is 3.64. The van der Waals surface area contributed by atoms with E-state index in [-0.39, 0.29) is 17.7 Å². The van der Waals surface area contributed by atoms with E-state index in [0.29, 0.717) is 11.0 Å². The van der Waals surface area contributed by atoms with Gasteiger partial charge in [-0.2, -0.15) is 0 Å². The smallest absolute Gasteiger partial charge is 0.230 e. The summed E-state index contributed by atoms with van der Waals surface area (Å²) in [6.07, 6.45) is 1.87. The lowest BCUT2D eigenvalue weighted by atomic mass is 10.0. The van der Waals surface area contributed by atoms with Crippen LogP contribution in [0.3, 0.4) is 0 Å². The van der Waals surface area contributed by atoms with Crippen molar-refractivity contribution >= 4 is 17.7 Å². The van der Waals surface area contributed by atoms with E-state index in [0.717, 1.165) is 29.7 Å². The van der Waals surface area contributed by atoms with E-state index in [1.54, 1.807) is 7.11 Å². The number of nitrogen functional groups attached to an aromatic ring is 1. The number of aromatic nitrogens is 3. The lowest BCUT2D eigenvalue weighted by Crippen LogP contribution is -2.30. The van der Waals surface area contributed by atoms with Crippen LogP contribution in [-0.2, 0) is 4.79 Å². The zero-order chi connectivity index (χ0) is 20.6. The highest BCUT2D eigenvalue weighted by Gasteiger charge is 2.17. The molecule has 1 heterocycles. The summed E-state index contributed by atoms with van der Waals surface area (Å²) in [5.74, 6) is 7.57. The van der Waals surface area contributed by atoms with E-state index in [9.17, 15) is 4.79 Å². The van der Waals surface area contributed by atoms with Crippen LogP contribution in [0.15, 0.2) is 59.8 Å². The van der Waals surface area contributed by atoms with Crippen LogP contribution in [0.25, 0.3) is 11.4 Å². The first-order valence-electron chi connectivity index (χ1n) is 9.44. The van der Waals surface area contributed by atoms with Gasteiger partial charge in [0.15, 0.2) is 5.82 Å². The fourth-order valence-electron chi connectivity index (χ4n) is 2.97. The van der Waals surface area contributed by atoms with Crippen LogP contribution in [0.5, 0.6) is 5.75 Å². The van der Waals surface area contributed by atoms with E-state index in [2.05, 4.69) is 22.4 Å². The van der Waals surface area contributed by atoms with Crippen LogP contribution in [0.1, 0.15) is 31.4 Å². The monoisotopic (exact) mass is 411 g/mol. The SMILES string of the molecule is CCCC(NC(=O)CSc1nnc(-c2ccc(OC)cc2)n1N)c1ccccc1. The number of carbonyl (C=O) groups excluding carboxylic acids is 1. The molecule has 1 amide bonds. The highest BCUT2D eigenvalue weighted by atomic mass is 32.2. The Morgan fingerprint density at radius 1 is 1.17 bits per heavy atom. The highest BCUT2D eigenvalue weighted by molar-refractivity contribution is 7.99. The molecule has 29 heavy (non-hydrogen) atoms. The Bertz CT molecular complexity index is 928. The van der Waals surface area contributed by atoms with Gasteiger partial charge in [0.05, 0.1) is 18.9 Å². The molecule has 3 rings (SSSR count). The Morgan fingerprint density at radius 2 is 1.90 bits per heavy atom. The molecule has 0 spiro atoms. The van der Waals surface area contributed by atoms with Gasteiger partial charge in [0.2, 0.25) is 11.1 Å². The Hall–Kier alpha value is -3.00. The lowest BCUT2D eigenvalue weighted by Gasteiger charge is -2.18. The molecule has 8 heteroatoms. The average molecular weight is 412 g/mol. The summed E-state index contributed by atoms with van der Waals surface area (Å²) >= 11 is 1.26. The number of hydrogen-bond donors (Lipinski definition) is 2. The van der Waals surface area contributed by atoms with Gasteiger partial charge in [0.1, 0.15) is 5.75 Å². The van der Waals surface area contributed by atoms with Crippen LogP contribution < -0.4 is 15.9 Å². The molecule has 1 aromatic heterocycles. The predicted octanol–water partition coefficient (Wildman–Crippen LogP) is 3.42. The Balaban J connectivity index is 1.62. The van der Waals surface area contributed by atoms with Crippen LogP contribution in [0.2, 0.25) is 0 Å². The Kier molecular flexibility index (Phi) is 7.13. The third-order valence-electron chi connectivity index (χ3n) is 4.46. The van der Waals surface area contributed by atoms with Crippen LogP contribution in [0, 0.1) is 0 Å². The number of nitrogens with zero attached hydrogens (tertiary/aromatic N) is 3. The molecule has 0 aliphatic heterocycles. The molecule has 2 aromatic carbocycles. The molecule has 0 radical (unpaired) electrons. The Labute approximate surface area is 174 Å². The maximum Gasteiger partial charge on any atom is 0.230 e. The zero-order valence-corrected chi connectivity index (χ0v) is 17.4.